The van der Waals surface area contributed by atoms with Gasteiger partial charge in [0.05, 0.1) is 12.2 Å². The van der Waals surface area contributed by atoms with Gasteiger partial charge in [-0.25, -0.2) is 0 Å². The predicted molar refractivity (Wildman–Crippen MR) is 82.6 cm³/mol. The number of unbranched alkanes of at least 4 members (excludes halogenated alkanes) is 1. The lowest BCUT2D eigenvalue weighted by Crippen LogP contribution is -2.35. The first kappa shape index (κ1) is 15.7. The van der Waals surface area contributed by atoms with E-state index in [0.717, 1.165) is 17.7 Å². The molecular formula is C15H20N2O3S. The average Bonchev–Trinajstić information content (AvgIpc) is 3.05. The Morgan fingerprint density at radius 1 is 1.33 bits per heavy atom. The van der Waals surface area contributed by atoms with E-state index >= 15 is 0 Å². The fourth-order valence-corrected chi connectivity index (χ4v) is 3.10. The van der Waals surface area contributed by atoms with Crippen molar-refractivity contribution in [3.8, 4) is 0 Å². The van der Waals surface area contributed by atoms with Gasteiger partial charge in [-0.05, 0) is 17.9 Å². The Morgan fingerprint density at radius 3 is 2.67 bits per heavy atom. The molecule has 0 saturated carbocycles. The minimum atomic E-state index is -0.257. The van der Waals surface area contributed by atoms with Crippen LogP contribution < -0.4 is 0 Å². The van der Waals surface area contributed by atoms with Gasteiger partial charge in [-0.3, -0.25) is 14.5 Å². The van der Waals surface area contributed by atoms with Gasteiger partial charge in [-0.2, -0.15) is 0 Å². The Hall–Kier alpha value is -1.66. The summed E-state index contributed by atoms with van der Waals surface area (Å²) in [6, 6.07) is 3.71. The lowest BCUT2D eigenvalue weighted by molar-refractivity contribution is -0.137. The summed E-state index contributed by atoms with van der Waals surface area (Å²) in [6.07, 6.45) is 1.72. The van der Waals surface area contributed by atoms with Crippen molar-refractivity contribution in [2.24, 2.45) is 0 Å². The normalized spacial score (nSPS) is 15.3. The van der Waals surface area contributed by atoms with E-state index in [4.69, 9.17) is 5.11 Å². The molecule has 0 radical (unpaired) electrons. The molecule has 0 unspecified atom stereocenters. The Labute approximate surface area is 128 Å². The highest BCUT2D eigenvalue weighted by atomic mass is 32.1. The van der Waals surface area contributed by atoms with Crippen LogP contribution in [0.3, 0.4) is 0 Å². The second-order valence-corrected chi connectivity index (χ2v) is 5.91. The first-order valence-corrected chi connectivity index (χ1v) is 7.96. The molecule has 2 rings (SSSR count). The van der Waals surface area contributed by atoms with Crippen LogP contribution in [0.25, 0.3) is 5.57 Å². The number of thiophene rings is 1. The third kappa shape index (κ3) is 3.01. The Balaban J connectivity index is 2.40. The molecule has 6 heteroatoms. The number of likely N-dealkylation sites (N-methyl/N-ethyl adjacent to an activating group) is 1. The molecule has 0 fully saturated rings. The molecule has 1 aliphatic heterocycles. The molecule has 1 N–H and O–H groups in total. The van der Waals surface area contributed by atoms with E-state index < -0.39 is 0 Å². The molecule has 0 bridgehead atoms. The number of nitrogens with zero attached hydrogens (tertiary/aromatic N) is 2. The number of imide groups is 1. The van der Waals surface area contributed by atoms with E-state index in [1.807, 2.05) is 24.4 Å². The molecule has 1 aromatic rings. The second kappa shape index (κ2) is 6.87. The van der Waals surface area contributed by atoms with E-state index in [1.54, 1.807) is 11.9 Å². The maximum atomic E-state index is 12.6. The zero-order chi connectivity index (χ0) is 15.4. The lowest BCUT2D eigenvalue weighted by atomic mass is 10.2. The Bertz CT molecular complexity index is 551. The summed E-state index contributed by atoms with van der Waals surface area (Å²) in [6.45, 7) is 2.73. The minimum absolute atomic E-state index is 0.0614. The minimum Gasteiger partial charge on any atom is -0.395 e. The van der Waals surface area contributed by atoms with Crippen molar-refractivity contribution in [3.05, 3.63) is 28.1 Å². The van der Waals surface area contributed by atoms with E-state index in [-0.39, 0.29) is 18.4 Å². The summed E-state index contributed by atoms with van der Waals surface area (Å²) in [4.78, 5) is 29.0. The van der Waals surface area contributed by atoms with E-state index in [1.165, 1.54) is 16.2 Å². The molecule has 114 valence electrons. The first-order valence-electron chi connectivity index (χ1n) is 7.08. The number of carbonyl (C=O) groups is 2. The molecule has 0 aromatic carbocycles. The highest BCUT2D eigenvalue weighted by Crippen LogP contribution is 2.33. The second-order valence-electron chi connectivity index (χ2n) is 4.96. The molecule has 1 aliphatic rings. The number of aliphatic hydroxyl groups is 1. The number of hydrogen-bond donors (Lipinski definition) is 1. The summed E-state index contributed by atoms with van der Waals surface area (Å²) in [5, 5.41) is 11.0. The molecule has 0 spiro atoms. The van der Waals surface area contributed by atoms with E-state index in [9.17, 15) is 9.59 Å². The van der Waals surface area contributed by atoms with Crippen LogP contribution in [0.1, 0.15) is 24.6 Å². The van der Waals surface area contributed by atoms with Crippen LogP contribution in [0.15, 0.2) is 23.2 Å². The van der Waals surface area contributed by atoms with Crippen LogP contribution in [-0.2, 0) is 9.59 Å². The maximum Gasteiger partial charge on any atom is 0.277 e. The summed E-state index contributed by atoms with van der Waals surface area (Å²) < 4.78 is 0. The van der Waals surface area contributed by atoms with Crippen molar-refractivity contribution in [1.82, 2.24) is 9.80 Å². The summed E-state index contributed by atoms with van der Waals surface area (Å²) in [5.74, 6) is -0.483. The topological polar surface area (TPSA) is 60.9 Å². The van der Waals surface area contributed by atoms with Gasteiger partial charge in [0.1, 0.15) is 5.70 Å². The van der Waals surface area contributed by atoms with Gasteiger partial charge in [0.25, 0.3) is 11.8 Å². The molecule has 2 amide bonds. The van der Waals surface area contributed by atoms with Crippen LogP contribution in [-0.4, -0.2) is 53.5 Å². The van der Waals surface area contributed by atoms with Crippen molar-refractivity contribution in [2.45, 2.75) is 19.8 Å². The summed E-state index contributed by atoms with van der Waals surface area (Å²) in [5.41, 5.74) is 0.856. The number of hydrogen-bond acceptors (Lipinski definition) is 5. The molecule has 21 heavy (non-hydrogen) atoms. The van der Waals surface area contributed by atoms with Crippen LogP contribution >= 0.6 is 11.3 Å². The van der Waals surface area contributed by atoms with E-state index in [2.05, 4.69) is 0 Å². The van der Waals surface area contributed by atoms with Crippen molar-refractivity contribution < 1.29 is 14.7 Å². The monoisotopic (exact) mass is 308 g/mol. The van der Waals surface area contributed by atoms with Crippen LogP contribution in [0.5, 0.6) is 0 Å². The zero-order valence-electron chi connectivity index (χ0n) is 12.3. The van der Waals surface area contributed by atoms with Crippen molar-refractivity contribution in [2.75, 3.05) is 26.7 Å². The molecule has 1 aromatic heterocycles. The highest BCUT2D eigenvalue weighted by Gasteiger charge is 2.40. The molecule has 0 atom stereocenters. The third-order valence-electron chi connectivity index (χ3n) is 3.46. The average molecular weight is 308 g/mol. The van der Waals surface area contributed by atoms with Crippen molar-refractivity contribution in [1.29, 1.82) is 0 Å². The van der Waals surface area contributed by atoms with Gasteiger partial charge in [-0.15, -0.1) is 11.3 Å². The molecule has 0 saturated heterocycles. The van der Waals surface area contributed by atoms with Gasteiger partial charge < -0.3 is 10.0 Å². The quantitative estimate of drug-likeness (QED) is 0.777. The maximum absolute atomic E-state index is 12.6. The number of aliphatic hydroxyl groups excluding tert-OH is 1. The molecule has 5 nitrogen and oxygen atoms in total. The summed E-state index contributed by atoms with van der Waals surface area (Å²) >= 11 is 1.44. The molecule has 0 aliphatic carbocycles. The van der Waals surface area contributed by atoms with Gasteiger partial charge >= 0.3 is 0 Å². The smallest absolute Gasteiger partial charge is 0.277 e. The van der Waals surface area contributed by atoms with Gasteiger partial charge in [0.15, 0.2) is 0 Å². The first-order chi connectivity index (χ1) is 10.1. The largest absolute Gasteiger partial charge is 0.395 e. The number of carbonyl (C=O) groups excluding carboxylic acids is 2. The summed E-state index contributed by atoms with van der Waals surface area (Å²) in [7, 11) is 1.73. The number of rotatable bonds is 7. The third-order valence-corrected chi connectivity index (χ3v) is 4.35. The molecular weight excluding hydrogens is 288 g/mol. The fraction of sp³-hybridized carbons (Fsp3) is 0.467. The lowest BCUT2D eigenvalue weighted by Gasteiger charge is -2.20. The van der Waals surface area contributed by atoms with Gasteiger partial charge in [-0.1, -0.05) is 19.4 Å². The number of amides is 2. The highest BCUT2D eigenvalue weighted by molar-refractivity contribution is 7.11. The fourth-order valence-electron chi connectivity index (χ4n) is 2.34. The van der Waals surface area contributed by atoms with Crippen LogP contribution in [0, 0.1) is 0 Å². The van der Waals surface area contributed by atoms with Gasteiger partial charge in [0.2, 0.25) is 0 Å². The van der Waals surface area contributed by atoms with Gasteiger partial charge in [0, 0.05) is 25.0 Å². The Kier molecular flexibility index (Phi) is 5.14. The van der Waals surface area contributed by atoms with Crippen LogP contribution in [0.2, 0.25) is 0 Å². The van der Waals surface area contributed by atoms with Crippen molar-refractivity contribution in [3.63, 3.8) is 0 Å². The van der Waals surface area contributed by atoms with Crippen LogP contribution in [0.4, 0.5) is 0 Å². The van der Waals surface area contributed by atoms with E-state index in [0.29, 0.717) is 24.4 Å². The zero-order valence-corrected chi connectivity index (χ0v) is 13.2. The molecule has 2 heterocycles. The standard InChI is InChI=1S/C15H20N2O3S/c1-3-4-7-17-14(19)12(11-6-5-10-21-11)13(15(17)20)16(2)8-9-18/h5-6,10,18H,3-4,7-9H2,1-2H3. The Morgan fingerprint density at radius 2 is 2.10 bits per heavy atom. The predicted octanol–water partition coefficient (Wildman–Crippen LogP) is 1.55. The van der Waals surface area contributed by atoms with Crippen molar-refractivity contribution >= 4 is 28.7 Å². The SMILES string of the molecule is CCCCN1C(=O)C(c2cccs2)=C(N(C)CCO)C1=O.